The first-order valence-corrected chi connectivity index (χ1v) is 5.75. The Morgan fingerprint density at radius 2 is 1.88 bits per heavy atom. The molecule has 0 aliphatic carbocycles. The molecule has 0 saturated heterocycles. The molecular weight excluding hydrogens is 344 g/mol. The first-order chi connectivity index (χ1) is 7.91. The summed E-state index contributed by atoms with van der Waals surface area (Å²) in [4.78, 5) is 7.20. The zero-order valence-electron chi connectivity index (χ0n) is 7.82. The van der Waals surface area contributed by atoms with E-state index in [0.717, 1.165) is 0 Å². The van der Waals surface area contributed by atoms with Crippen LogP contribution in [0.4, 0.5) is 13.2 Å². The van der Waals surface area contributed by atoms with Gasteiger partial charge in [-0.2, -0.15) is 0 Å². The maximum atomic E-state index is 13.6. The standard InChI is InChI=1S/C9H2BrCl2F3N2/c10-5-2(8(14)15)1-3(13)6-4(5)7(11)17-9(12)16-6/h1,8H. The summed E-state index contributed by atoms with van der Waals surface area (Å²) in [5.74, 6) is -0.926. The van der Waals surface area contributed by atoms with Gasteiger partial charge in [-0.3, -0.25) is 0 Å². The number of aromatic nitrogens is 2. The Hall–Kier alpha value is -0.590. The van der Waals surface area contributed by atoms with E-state index in [-0.39, 0.29) is 25.8 Å². The van der Waals surface area contributed by atoms with Crippen LogP contribution in [0.3, 0.4) is 0 Å². The van der Waals surface area contributed by atoms with E-state index in [1.807, 2.05) is 0 Å². The Kier molecular flexibility index (Phi) is 3.47. The fourth-order valence-electron chi connectivity index (χ4n) is 1.35. The third-order valence-corrected chi connectivity index (χ3v) is 3.35. The molecule has 0 aliphatic rings. The first-order valence-electron chi connectivity index (χ1n) is 4.20. The van der Waals surface area contributed by atoms with Crippen LogP contribution >= 0.6 is 39.1 Å². The second-order valence-electron chi connectivity index (χ2n) is 3.07. The molecule has 0 unspecified atom stereocenters. The van der Waals surface area contributed by atoms with E-state index in [2.05, 4.69) is 25.9 Å². The highest BCUT2D eigenvalue weighted by molar-refractivity contribution is 9.10. The van der Waals surface area contributed by atoms with Gasteiger partial charge in [0.05, 0.1) is 5.39 Å². The molecule has 8 heteroatoms. The van der Waals surface area contributed by atoms with Gasteiger partial charge in [0.1, 0.15) is 16.5 Å². The molecule has 0 atom stereocenters. The summed E-state index contributed by atoms with van der Waals surface area (Å²) in [6.07, 6.45) is -2.84. The molecule has 1 aromatic heterocycles. The van der Waals surface area contributed by atoms with Crippen molar-refractivity contribution < 1.29 is 13.2 Å². The van der Waals surface area contributed by atoms with Crippen LogP contribution < -0.4 is 0 Å². The van der Waals surface area contributed by atoms with Gasteiger partial charge in [0.2, 0.25) is 5.28 Å². The van der Waals surface area contributed by atoms with Gasteiger partial charge in [0, 0.05) is 10.0 Å². The van der Waals surface area contributed by atoms with Gasteiger partial charge < -0.3 is 0 Å². The van der Waals surface area contributed by atoms with Crippen molar-refractivity contribution in [3.8, 4) is 0 Å². The molecule has 0 fully saturated rings. The SMILES string of the molecule is Fc1cc(C(F)F)c(Br)c2c(Cl)nc(Cl)nc12. The van der Waals surface area contributed by atoms with E-state index < -0.39 is 17.8 Å². The lowest BCUT2D eigenvalue weighted by molar-refractivity contribution is 0.150. The minimum atomic E-state index is -2.84. The number of hydrogen-bond donors (Lipinski definition) is 0. The van der Waals surface area contributed by atoms with Crippen molar-refractivity contribution in [1.82, 2.24) is 9.97 Å². The largest absolute Gasteiger partial charge is 0.265 e. The summed E-state index contributed by atoms with van der Waals surface area (Å²) in [5, 5.41) is -0.460. The van der Waals surface area contributed by atoms with Gasteiger partial charge in [-0.25, -0.2) is 23.1 Å². The Morgan fingerprint density at radius 3 is 2.47 bits per heavy atom. The molecule has 0 aliphatic heterocycles. The smallest absolute Gasteiger partial charge is 0.215 e. The summed E-state index contributed by atoms with van der Waals surface area (Å²) < 4.78 is 38.8. The van der Waals surface area contributed by atoms with E-state index in [9.17, 15) is 13.2 Å². The zero-order valence-corrected chi connectivity index (χ0v) is 10.9. The monoisotopic (exact) mass is 344 g/mol. The average Bonchev–Trinajstić information content (AvgIpc) is 2.21. The molecule has 0 radical (unpaired) electrons. The fraction of sp³-hybridized carbons (Fsp3) is 0.111. The number of alkyl halides is 2. The summed E-state index contributed by atoms with van der Waals surface area (Å²) >= 11 is 14.2. The maximum Gasteiger partial charge on any atom is 0.265 e. The molecular formula is C9H2BrCl2F3N2. The minimum absolute atomic E-state index is 0.0219. The number of nitrogens with zero attached hydrogens (tertiary/aromatic N) is 2. The number of benzene rings is 1. The van der Waals surface area contributed by atoms with Gasteiger partial charge in [-0.05, 0) is 33.6 Å². The molecule has 1 aromatic carbocycles. The fourth-order valence-corrected chi connectivity index (χ4v) is 2.60. The van der Waals surface area contributed by atoms with Crippen LogP contribution in [0.15, 0.2) is 10.5 Å². The Bertz CT molecular complexity index is 607. The number of halogens is 6. The molecule has 0 amide bonds. The van der Waals surface area contributed by atoms with E-state index in [1.165, 1.54) is 0 Å². The third-order valence-electron chi connectivity index (χ3n) is 2.05. The molecule has 0 bridgehead atoms. The van der Waals surface area contributed by atoms with Crippen LogP contribution in [-0.4, -0.2) is 9.97 Å². The van der Waals surface area contributed by atoms with Crippen LogP contribution in [0.1, 0.15) is 12.0 Å². The quantitative estimate of drug-likeness (QED) is 0.549. The Morgan fingerprint density at radius 1 is 1.24 bits per heavy atom. The van der Waals surface area contributed by atoms with Crippen molar-refractivity contribution in [3.05, 3.63) is 32.4 Å². The van der Waals surface area contributed by atoms with Crippen molar-refractivity contribution in [3.63, 3.8) is 0 Å². The third kappa shape index (κ3) is 2.21. The molecule has 1 heterocycles. The lowest BCUT2D eigenvalue weighted by Gasteiger charge is -2.09. The van der Waals surface area contributed by atoms with Crippen LogP contribution in [0.2, 0.25) is 10.4 Å². The van der Waals surface area contributed by atoms with Crippen LogP contribution in [0.25, 0.3) is 10.9 Å². The first kappa shape index (κ1) is 12.9. The van der Waals surface area contributed by atoms with Gasteiger partial charge >= 0.3 is 0 Å². The molecule has 2 nitrogen and oxygen atoms in total. The summed E-state index contributed by atoms with van der Waals surface area (Å²) in [6, 6.07) is 0.691. The van der Waals surface area contributed by atoms with Gasteiger partial charge in [-0.15, -0.1) is 0 Å². The molecule has 0 spiro atoms. The van der Waals surface area contributed by atoms with Crippen molar-refractivity contribution in [2.45, 2.75) is 6.43 Å². The van der Waals surface area contributed by atoms with Gasteiger partial charge in [0.25, 0.3) is 6.43 Å². The van der Waals surface area contributed by atoms with Crippen molar-refractivity contribution in [2.24, 2.45) is 0 Å². The number of hydrogen-bond acceptors (Lipinski definition) is 2. The summed E-state index contributed by atoms with van der Waals surface area (Å²) in [6.45, 7) is 0. The Balaban J connectivity index is 2.94. The average molecular weight is 346 g/mol. The van der Waals surface area contributed by atoms with E-state index in [0.29, 0.717) is 6.07 Å². The van der Waals surface area contributed by atoms with Gasteiger partial charge in [-0.1, -0.05) is 11.6 Å². The Labute approximate surface area is 112 Å². The highest BCUT2D eigenvalue weighted by atomic mass is 79.9. The predicted octanol–water partition coefficient (Wildman–Crippen LogP) is 4.78. The minimum Gasteiger partial charge on any atom is -0.215 e. The maximum absolute atomic E-state index is 13.6. The van der Waals surface area contributed by atoms with Crippen molar-refractivity contribution in [1.29, 1.82) is 0 Å². The molecule has 0 saturated carbocycles. The van der Waals surface area contributed by atoms with Crippen molar-refractivity contribution in [2.75, 3.05) is 0 Å². The summed E-state index contributed by atoms with van der Waals surface area (Å²) in [5.41, 5.74) is -0.714. The van der Waals surface area contributed by atoms with E-state index >= 15 is 0 Å². The second kappa shape index (κ2) is 4.59. The van der Waals surface area contributed by atoms with E-state index in [1.54, 1.807) is 0 Å². The molecule has 0 N–H and O–H groups in total. The van der Waals surface area contributed by atoms with Crippen LogP contribution in [0.5, 0.6) is 0 Å². The molecule has 17 heavy (non-hydrogen) atoms. The highest BCUT2D eigenvalue weighted by Gasteiger charge is 2.21. The lowest BCUT2D eigenvalue weighted by atomic mass is 10.1. The number of rotatable bonds is 1. The molecule has 2 aromatic rings. The molecule has 2 rings (SSSR count). The molecule has 90 valence electrons. The van der Waals surface area contributed by atoms with Crippen LogP contribution in [-0.2, 0) is 0 Å². The van der Waals surface area contributed by atoms with Gasteiger partial charge in [0.15, 0.2) is 0 Å². The normalized spacial score (nSPS) is 11.5. The second-order valence-corrected chi connectivity index (χ2v) is 4.56. The predicted molar refractivity (Wildman–Crippen MR) is 62.2 cm³/mol. The van der Waals surface area contributed by atoms with E-state index in [4.69, 9.17) is 23.2 Å². The zero-order chi connectivity index (χ0) is 12.7. The number of fused-ring (bicyclic) bond motifs is 1. The lowest BCUT2D eigenvalue weighted by Crippen LogP contribution is -1.96. The topological polar surface area (TPSA) is 25.8 Å². The highest BCUT2D eigenvalue weighted by Crippen LogP contribution is 2.37. The van der Waals surface area contributed by atoms with Crippen LogP contribution in [0, 0.1) is 5.82 Å². The summed E-state index contributed by atoms with van der Waals surface area (Å²) in [7, 11) is 0. The van der Waals surface area contributed by atoms with Crippen molar-refractivity contribution >= 4 is 50.0 Å².